The van der Waals surface area contributed by atoms with E-state index in [2.05, 4.69) is 4.98 Å². The van der Waals surface area contributed by atoms with Crippen molar-refractivity contribution < 1.29 is 22.7 Å². The van der Waals surface area contributed by atoms with Crippen molar-refractivity contribution in [3.63, 3.8) is 0 Å². The average Bonchev–Trinajstić information content (AvgIpc) is 2.78. The van der Waals surface area contributed by atoms with Crippen LogP contribution in [0.2, 0.25) is 0 Å². The number of hydrogen-bond donors (Lipinski definition) is 0. The molecule has 0 atom stereocenters. The SMILES string of the molecule is CN(C)S(=O)(=O)c1ccc(OCCOC(=O)c2cccnc2Sc2ccccc2)cc1. The van der Waals surface area contributed by atoms with Crippen LogP contribution in [0.4, 0.5) is 0 Å². The van der Waals surface area contributed by atoms with Crippen molar-refractivity contribution in [3.8, 4) is 5.75 Å². The number of rotatable bonds is 9. The molecule has 162 valence electrons. The number of sulfonamides is 1. The van der Waals surface area contributed by atoms with E-state index in [-0.39, 0.29) is 18.1 Å². The molecular formula is C22H22N2O5S2. The first-order chi connectivity index (χ1) is 14.9. The minimum absolute atomic E-state index is 0.0426. The van der Waals surface area contributed by atoms with Crippen LogP contribution in [0.3, 0.4) is 0 Å². The minimum Gasteiger partial charge on any atom is -0.490 e. The monoisotopic (exact) mass is 458 g/mol. The molecule has 0 fully saturated rings. The molecule has 1 aromatic heterocycles. The van der Waals surface area contributed by atoms with Crippen LogP contribution in [0.5, 0.6) is 5.75 Å². The van der Waals surface area contributed by atoms with Crippen LogP contribution in [0.25, 0.3) is 0 Å². The number of carbonyl (C=O) groups is 1. The van der Waals surface area contributed by atoms with Gasteiger partial charge in [-0.25, -0.2) is 22.5 Å². The summed E-state index contributed by atoms with van der Waals surface area (Å²) in [6.45, 7) is 0.174. The van der Waals surface area contributed by atoms with E-state index in [0.29, 0.717) is 16.3 Å². The zero-order chi connectivity index (χ0) is 22.3. The number of esters is 1. The van der Waals surface area contributed by atoms with E-state index in [4.69, 9.17) is 9.47 Å². The highest BCUT2D eigenvalue weighted by molar-refractivity contribution is 7.99. The van der Waals surface area contributed by atoms with E-state index in [1.54, 1.807) is 30.5 Å². The Labute approximate surface area is 186 Å². The Kier molecular flexibility index (Phi) is 7.67. The average molecular weight is 459 g/mol. The van der Waals surface area contributed by atoms with Gasteiger partial charge in [-0.2, -0.15) is 0 Å². The lowest BCUT2D eigenvalue weighted by Gasteiger charge is -2.12. The van der Waals surface area contributed by atoms with Gasteiger partial charge in [-0.3, -0.25) is 0 Å². The van der Waals surface area contributed by atoms with Crippen molar-refractivity contribution in [3.05, 3.63) is 78.5 Å². The lowest BCUT2D eigenvalue weighted by molar-refractivity contribution is 0.0445. The van der Waals surface area contributed by atoms with Gasteiger partial charge in [0.25, 0.3) is 0 Å². The molecule has 7 nitrogen and oxygen atoms in total. The van der Waals surface area contributed by atoms with Crippen molar-refractivity contribution in [1.29, 1.82) is 0 Å². The summed E-state index contributed by atoms with van der Waals surface area (Å²) in [6.07, 6.45) is 1.63. The smallest absolute Gasteiger partial charge is 0.341 e. The first-order valence-electron chi connectivity index (χ1n) is 9.38. The van der Waals surface area contributed by atoms with E-state index >= 15 is 0 Å². The molecule has 0 N–H and O–H groups in total. The van der Waals surface area contributed by atoms with Gasteiger partial charge in [0.15, 0.2) is 0 Å². The number of hydrogen-bond acceptors (Lipinski definition) is 7. The Morgan fingerprint density at radius 2 is 1.68 bits per heavy atom. The standard InChI is InChI=1S/C22H22N2O5S2/c1-24(2)31(26,27)19-12-10-17(11-13-19)28-15-16-29-22(25)20-9-6-14-23-21(20)30-18-7-4-3-5-8-18/h3-14H,15-16H2,1-2H3. The van der Waals surface area contributed by atoms with Gasteiger partial charge in [-0.15, -0.1) is 0 Å². The molecule has 1 heterocycles. The molecule has 3 rings (SSSR count). The molecule has 0 aliphatic carbocycles. The van der Waals surface area contributed by atoms with Crippen LogP contribution < -0.4 is 4.74 Å². The van der Waals surface area contributed by atoms with Crippen LogP contribution in [-0.4, -0.2) is 51.0 Å². The Bertz CT molecular complexity index is 1120. The largest absolute Gasteiger partial charge is 0.490 e. The summed E-state index contributed by atoms with van der Waals surface area (Å²) in [5.74, 6) is -0.00184. The highest BCUT2D eigenvalue weighted by Gasteiger charge is 2.17. The predicted molar refractivity (Wildman–Crippen MR) is 118 cm³/mol. The highest BCUT2D eigenvalue weighted by Crippen LogP contribution is 2.28. The third kappa shape index (κ3) is 6.06. The molecule has 3 aromatic rings. The second-order valence-electron chi connectivity index (χ2n) is 6.51. The van der Waals surface area contributed by atoms with Gasteiger partial charge >= 0.3 is 5.97 Å². The van der Waals surface area contributed by atoms with Crippen LogP contribution in [-0.2, 0) is 14.8 Å². The molecule has 0 saturated carbocycles. The number of nitrogens with zero attached hydrogens (tertiary/aromatic N) is 2. The van der Waals surface area contributed by atoms with Gasteiger partial charge in [0.1, 0.15) is 24.0 Å². The Morgan fingerprint density at radius 1 is 0.968 bits per heavy atom. The number of ether oxygens (including phenoxy) is 2. The lowest BCUT2D eigenvalue weighted by Crippen LogP contribution is -2.22. The summed E-state index contributed by atoms with van der Waals surface area (Å²) in [7, 11) is -0.542. The summed E-state index contributed by atoms with van der Waals surface area (Å²) in [4.78, 5) is 17.9. The topological polar surface area (TPSA) is 85.8 Å². The molecular weight excluding hydrogens is 436 g/mol. The quantitative estimate of drug-likeness (QED) is 0.357. The van der Waals surface area contributed by atoms with Crippen molar-refractivity contribution >= 4 is 27.8 Å². The van der Waals surface area contributed by atoms with Gasteiger partial charge in [-0.05, 0) is 48.5 Å². The molecule has 0 amide bonds. The zero-order valence-electron chi connectivity index (χ0n) is 17.1. The second kappa shape index (κ2) is 10.4. The fraction of sp³-hybridized carbons (Fsp3) is 0.182. The van der Waals surface area contributed by atoms with Gasteiger partial charge in [0.2, 0.25) is 10.0 Å². The maximum absolute atomic E-state index is 12.5. The summed E-state index contributed by atoms with van der Waals surface area (Å²) in [5.41, 5.74) is 0.384. The molecule has 0 radical (unpaired) electrons. The lowest BCUT2D eigenvalue weighted by atomic mass is 10.3. The minimum atomic E-state index is -3.49. The first-order valence-corrected chi connectivity index (χ1v) is 11.6. The van der Waals surface area contributed by atoms with Gasteiger partial charge in [0, 0.05) is 25.2 Å². The molecule has 0 aliphatic rings. The van der Waals surface area contributed by atoms with E-state index < -0.39 is 16.0 Å². The Hall–Kier alpha value is -2.88. The first kappa shape index (κ1) is 22.8. The molecule has 0 bridgehead atoms. The molecule has 0 spiro atoms. The zero-order valence-corrected chi connectivity index (χ0v) is 18.7. The fourth-order valence-corrected chi connectivity index (χ4v) is 4.31. The van der Waals surface area contributed by atoms with E-state index in [0.717, 1.165) is 9.20 Å². The van der Waals surface area contributed by atoms with E-state index in [9.17, 15) is 13.2 Å². The van der Waals surface area contributed by atoms with Crippen LogP contribution in [0.1, 0.15) is 10.4 Å². The van der Waals surface area contributed by atoms with E-state index in [1.165, 1.54) is 38.0 Å². The second-order valence-corrected chi connectivity index (χ2v) is 9.73. The van der Waals surface area contributed by atoms with Crippen molar-refractivity contribution in [2.24, 2.45) is 0 Å². The maximum atomic E-state index is 12.5. The third-order valence-electron chi connectivity index (χ3n) is 4.14. The molecule has 9 heteroatoms. The molecule has 0 saturated heterocycles. The molecule has 0 aliphatic heterocycles. The third-order valence-corrected chi connectivity index (χ3v) is 6.99. The Balaban J connectivity index is 1.53. The molecule has 31 heavy (non-hydrogen) atoms. The van der Waals surface area contributed by atoms with Gasteiger partial charge in [-0.1, -0.05) is 30.0 Å². The van der Waals surface area contributed by atoms with Crippen LogP contribution >= 0.6 is 11.8 Å². The molecule has 0 unspecified atom stereocenters. The predicted octanol–water partition coefficient (Wildman–Crippen LogP) is 3.72. The number of aromatic nitrogens is 1. The normalized spacial score (nSPS) is 11.3. The highest BCUT2D eigenvalue weighted by atomic mass is 32.2. The fourth-order valence-electron chi connectivity index (χ4n) is 2.52. The van der Waals surface area contributed by atoms with Crippen molar-refractivity contribution in [2.45, 2.75) is 14.8 Å². The van der Waals surface area contributed by atoms with Crippen LogP contribution in [0.15, 0.2) is 87.7 Å². The molecule has 2 aromatic carbocycles. The van der Waals surface area contributed by atoms with Gasteiger partial charge in [0.05, 0.1) is 10.5 Å². The summed E-state index contributed by atoms with van der Waals surface area (Å²) in [6, 6.07) is 19.1. The number of benzene rings is 2. The summed E-state index contributed by atoms with van der Waals surface area (Å²) < 4.78 is 36.2. The number of carbonyl (C=O) groups excluding carboxylic acids is 1. The summed E-state index contributed by atoms with van der Waals surface area (Å²) in [5, 5.41) is 0.567. The Morgan fingerprint density at radius 3 is 2.35 bits per heavy atom. The number of pyridine rings is 1. The maximum Gasteiger partial charge on any atom is 0.341 e. The van der Waals surface area contributed by atoms with Gasteiger partial charge < -0.3 is 9.47 Å². The summed E-state index contributed by atoms with van der Waals surface area (Å²) >= 11 is 1.39. The van der Waals surface area contributed by atoms with E-state index in [1.807, 2.05) is 30.3 Å². The van der Waals surface area contributed by atoms with Crippen molar-refractivity contribution in [1.82, 2.24) is 9.29 Å². The van der Waals surface area contributed by atoms with Crippen molar-refractivity contribution in [2.75, 3.05) is 27.3 Å². The van der Waals surface area contributed by atoms with Crippen LogP contribution in [0, 0.1) is 0 Å².